The number of aliphatic hydroxyl groups excluding tert-OH is 1. The van der Waals surface area contributed by atoms with Crippen LogP contribution in [0.1, 0.15) is 172 Å². The van der Waals surface area contributed by atoms with Crippen LogP contribution in [0.15, 0.2) is 72.2 Å². The van der Waals surface area contributed by atoms with Gasteiger partial charge in [-0.05, 0) is 252 Å². The number of likely N-dealkylation sites (tertiary alicyclic amines) is 3. The zero-order chi connectivity index (χ0) is 77.1. The number of rotatable bonds is 23. The summed E-state index contributed by atoms with van der Waals surface area (Å²) in [7, 11) is 0. The first kappa shape index (κ1) is 79.9. The Morgan fingerprint density at radius 3 is 1.61 bits per heavy atom. The molecule has 22 nitrogen and oxygen atoms in total. The third-order valence-corrected chi connectivity index (χ3v) is 26.7. The van der Waals surface area contributed by atoms with Gasteiger partial charge in [0.2, 0.25) is 17.8 Å². The number of benzene rings is 3. The van der Waals surface area contributed by atoms with Crippen molar-refractivity contribution in [3.63, 3.8) is 0 Å². The van der Waals surface area contributed by atoms with Crippen molar-refractivity contribution >= 4 is 110 Å². The number of nitrogens with zero attached hydrogens (tertiary/aromatic N) is 12. The number of esters is 1. The number of aliphatic hydroxyl groups is 1. The van der Waals surface area contributed by atoms with Gasteiger partial charge in [-0.3, -0.25) is 14.5 Å². The molecule has 6 N–H and O–H groups in total. The van der Waals surface area contributed by atoms with Crippen LogP contribution in [0.5, 0.6) is 0 Å². The van der Waals surface area contributed by atoms with Gasteiger partial charge < -0.3 is 60.5 Å². The highest BCUT2D eigenvalue weighted by Gasteiger charge is 2.50. The maximum atomic E-state index is 12.6. The normalized spacial score (nSPS) is 24.3. The summed E-state index contributed by atoms with van der Waals surface area (Å²) in [6.45, 7) is 33.9. The molecule has 109 heavy (non-hydrogen) atoms. The number of anilines is 6. The predicted molar refractivity (Wildman–Crippen MR) is 436 cm³/mol. The molecule has 0 amide bonds. The van der Waals surface area contributed by atoms with Crippen LogP contribution >= 0.6 is 46.1 Å². The van der Waals surface area contributed by atoms with Gasteiger partial charge in [-0.1, -0.05) is 71.2 Å². The number of carboxylic acids is 2. The number of ether oxygens (including phenoxy) is 1. The number of aromatic nitrogens is 6. The molecule has 2 saturated carbocycles. The number of nitrogens with one attached hydrogen (secondary N) is 3. The number of carboxylic acid groups (broad SMARTS) is 2. The van der Waals surface area contributed by atoms with Crippen molar-refractivity contribution in [3.05, 3.63) is 138 Å². The van der Waals surface area contributed by atoms with E-state index in [1.54, 1.807) is 24.5 Å². The Bertz CT molecular complexity index is 4370. The second kappa shape index (κ2) is 34.8. The fraction of sp³-hybridized carbons (Fsp3) is 0.578. The Balaban J connectivity index is 0.000000144. The topological polar surface area (TPSA) is 254 Å². The average molecular weight is 1570 g/mol. The highest BCUT2D eigenvalue weighted by Crippen LogP contribution is 2.47. The average Bonchev–Trinajstić information content (AvgIpc) is 1.50. The largest absolute Gasteiger partial charge is 0.481 e. The number of β-amino-alcohol motifs (C(OH)–C–C–N with tert-alkyl or cyclic N) is 1. The van der Waals surface area contributed by atoms with Crippen LogP contribution in [0.2, 0.25) is 15.1 Å². The molecule has 3 aromatic carbocycles. The number of carbonyl (C=O) groups excluding carboxylic acids is 1. The number of hydrogen-bond donors (Lipinski definition) is 6. The standard InChI is InChI=1S/C29H36ClN5O2S.C28H38ClN5O2.C26H36ClN5O3/c1-17-6-7-22(23(30)11-17)18(2)31-26-25-24(8-10-38-25)32-28(33-26)34-14-21(15-34)19-5-4-9-35(16-19)29(3)12-20(13-29)27(36)37;1-16-7-8-24(25(29)10-16)19(4)30-26-17(2)18(3)31-28(32-26)34-14-22(15-34)20-6-5-9-33(13-20)23-11-21(12-23)27(35)36;1-4-35-25(34)22-13-28-26(30-24(22)29-18(3)21-8-7-17(2)12-23(21)27)32-15-20(16-32)19-6-5-9-31(14-19)10-11-33/h6-8,10-11,18-21H,4-5,9,12-16H2,1-3H3,(H,36,37)(H,31,32,33);7-8,10,19-23H,5-6,9,11-15H2,1-4H3,(H,35,36)(H,30,31,32);7-8,12-13,18-20,33H,4-6,9-11,14-16H2,1-3H3,(H,28,29,30). The first-order valence-electron chi connectivity index (χ1n) is 39.5. The van der Waals surface area contributed by atoms with E-state index in [1.807, 2.05) is 58.0 Å². The molecule has 586 valence electrons. The Labute approximate surface area is 661 Å². The van der Waals surface area contributed by atoms with Crippen LogP contribution in [0.3, 0.4) is 0 Å². The Morgan fingerprint density at radius 1 is 0.587 bits per heavy atom. The number of halogens is 3. The SMILES string of the molecule is CCOC(=O)c1cnc(N2CC(C3CCCN(CCO)C3)C2)nc1NC(C)c1ccc(C)cc1Cl.Cc1ccc(C(C)Nc2nc(N3CC(C4CCCN(C5(C)CC(C(=O)O)C5)C4)C3)nc3ccsc23)c(Cl)c1.Cc1ccc(C(C)Nc2nc(N3CC(C4CCCN(C5CC(C(=O)O)C5)C4)C3)nc(C)c2C)c(Cl)c1. The third kappa shape index (κ3) is 18.5. The summed E-state index contributed by atoms with van der Waals surface area (Å²) < 4.78 is 6.31. The van der Waals surface area contributed by atoms with Crippen LogP contribution in [0.25, 0.3) is 10.2 Å². The molecule has 0 spiro atoms. The van der Waals surface area contributed by atoms with E-state index in [4.69, 9.17) is 64.5 Å². The van der Waals surface area contributed by atoms with Gasteiger partial charge in [-0.25, -0.2) is 19.7 Å². The summed E-state index contributed by atoms with van der Waals surface area (Å²) >= 11 is 21.2. The molecule has 8 fully saturated rings. The summed E-state index contributed by atoms with van der Waals surface area (Å²) in [6, 6.07) is 20.7. The van der Waals surface area contributed by atoms with Gasteiger partial charge in [0.1, 0.15) is 23.0 Å². The smallest absolute Gasteiger partial charge is 0.343 e. The van der Waals surface area contributed by atoms with Crippen LogP contribution in [-0.4, -0.2) is 188 Å². The minimum Gasteiger partial charge on any atom is -0.481 e. The number of hydrogen-bond acceptors (Lipinski definition) is 21. The van der Waals surface area contributed by atoms with Gasteiger partial charge in [-0.2, -0.15) is 15.0 Å². The highest BCUT2D eigenvalue weighted by molar-refractivity contribution is 7.17. The Hall–Kier alpha value is -7.22. The molecule has 6 saturated heterocycles. The molecule has 6 aliphatic heterocycles. The van der Waals surface area contributed by atoms with Crippen molar-refractivity contribution in [2.24, 2.45) is 47.3 Å². The lowest BCUT2D eigenvalue weighted by Gasteiger charge is -2.55. The molecule has 7 aromatic rings. The summed E-state index contributed by atoms with van der Waals surface area (Å²) in [5.74, 6) is 6.18. The van der Waals surface area contributed by atoms with Gasteiger partial charge in [-0.15, -0.1) is 11.3 Å². The molecule has 4 aromatic heterocycles. The van der Waals surface area contributed by atoms with E-state index < -0.39 is 17.9 Å². The van der Waals surface area contributed by atoms with Crippen molar-refractivity contribution < 1.29 is 34.4 Å². The van der Waals surface area contributed by atoms with E-state index in [2.05, 4.69) is 121 Å². The molecule has 26 heteroatoms. The second-order valence-corrected chi connectivity index (χ2v) is 34.8. The molecule has 0 radical (unpaired) electrons. The molecular formula is C83H110Cl3N15O7S. The second-order valence-electron chi connectivity index (χ2n) is 32.7. The fourth-order valence-electron chi connectivity index (χ4n) is 17.7. The maximum absolute atomic E-state index is 12.6. The van der Waals surface area contributed by atoms with Gasteiger partial charge in [0.15, 0.2) is 0 Å². The van der Waals surface area contributed by atoms with E-state index in [0.717, 1.165) is 199 Å². The zero-order valence-corrected chi connectivity index (χ0v) is 68.0. The first-order chi connectivity index (χ1) is 52.3. The van der Waals surface area contributed by atoms with Crippen LogP contribution in [0, 0.1) is 82.0 Å². The fourth-order valence-corrected chi connectivity index (χ4v) is 19.7. The van der Waals surface area contributed by atoms with E-state index in [1.165, 1.54) is 38.5 Å². The van der Waals surface area contributed by atoms with Crippen molar-refractivity contribution in [1.29, 1.82) is 0 Å². The molecule has 15 rings (SSSR count). The Kier molecular flexibility index (Phi) is 25.5. The van der Waals surface area contributed by atoms with Crippen LogP contribution in [0.4, 0.5) is 35.3 Å². The van der Waals surface area contributed by atoms with Crippen molar-refractivity contribution in [2.45, 2.75) is 163 Å². The number of fused-ring (bicyclic) bond motifs is 1. The molecule has 6 atom stereocenters. The predicted octanol–water partition coefficient (Wildman–Crippen LogP) is 15.4. The van der Waals surface area contributed by atoms with E-state index >= 15 is 0 Å². The molecule has 6 unspecified atom stereocenters. The molecule has 0 bridgehead atoms. The van der Waals surface area contributed by atoms with E-state index in [-0.39, 0.29) is 48.7 Å². The van der Waals surface area contributed by atoms with Crippen molar-refractivity contribution in [1.82, 2.24) is 44.6 Å². The summed E-state index contributed by atoms with van der Waals surface area (Å²) in [5.41, 5.74) is 9.84. The van der Waals surface area contributed by atoms with Gasteiger partial charge in [0.05, 0.1) is 53.4 Å². The molecule has 2 aliphatic carbocycles. The first-order valence-corrected chi connectivity index (χ1v) is 41.5. The maximum Gasteiger partial charge on any atom is 0.343 e. The lowest BCUT2D eigenvalue weighted by atomic mass is 9.67. The number of aliphatic carboxylic acids is 2. The number of carbonyl (C=O) groups is 3. The van der Waals surface area contributed by atoms with Crippen molar-refractivity contribution in [3.8, 4) is 0 Å². The lowest BCUT2D eigenvalue weighted by Crippen LogP contribution is -2.61. The molecular weight excluding hydrogens is 1460 g/mol. The monoisotopic (exact) mass is 1570 g/mol. The summed E-state index contributed by atoms with van der Waals surface area (Å²) in [6.07, 6.45) is 12.1. The summed E-state index contributed by atoms with van der Waals surface area (Å²) in [4.78, 5) is 78.3. The van der Waals surface area contributed by atoms with Crippen LogP contribution < -0.4 is 30.7 Å². The number of thiophene rings is 1. The van der Waals surface area contributed by atoms with Gasteiger partial charge in [0.25, 0.3) is 0 Å². The van der Waals surface area contributed by atoms with E-state index in [9.17, 15) is 29.7 Å². The van der Waals surface area contributed by atoms with Gasteiger partial charge >= 0.3 is 17.9 Å². The third-order valence-electron chi connectivity index (χ3n) is 24.8. The quantitative estimate of drug-likeness (QED) is 0.0326. The van der Waals surface area contributed by atoms with Crippen molar-refractivity contribution in [2.75, 3.05) is 129 Å². The summed E-state index contributed by atoms with van der Waals surface area (Å²) in [5, 5.41) is 42.7. The number of piperidine rings is 3. The minimum atomic E-state index is -0.640. The van der Waals surface area contributed by atoms with Gasteiger partial charge in [0, 0.05) is 110 Å². The molecule has 10 heterocycles. The zero-order valence-electron chi connectivity index (χ0n) is 64.9. The number of aryl methyl sites for hydroxylation is 4. The lowest BCUT2D eigenvalue weighted by molar-refractivity contribution is -0.152. The highest BCUT2D eigenvalue weighted by atomic mass is 35.5. The van der Waals surface area contributed by atoms with Crippen LogP contribution in [-0.2, 0) is 14.3 Å². The van der Waals surface area contributed by atoms with E-state index in [0.29, 0.717) is 63.9 Å². The minimum absolute atomic E-state index is 0.0158. The Morgan fingerprint density at radius 2 is 1.07 bits per heavy atom. The molecule has 8 aliphatic rings.